The van der Waals surface area contributed by atoms with Crippen LogP contribution in [0.2, 0.25) is 0 Å². The van der Waals surface area contributed by atoms with Crippen LogP contribution < -0.4 is 67.7 Å². The highest BCUT2D eigenvalue weighted by molar-refractivity contribution is 7.21. The Kier molecular flexibility index (Phi) is 17.9. The van der Waals surface area contributed by atoms with Crippen LogP contribution in [0, 0.1) is 0 Å². The molecule has 6 heteroatoms. The van der Waals surface area contributed by atoms with Gasteiger partial charge in [-0.2, -0.15) is 0 Å². The van der Waals surface area contributed by atoms with Crippen molar-refractivity contribution >= 4 is 137 Å². The predicted octanol–water partition coefficient (Wildman–Crippen LogP) is 20.9. The van der Waals surface area contributed by atoms with Gasteiger partial charge >= 0.3 is 0 Å². The zero-order chi connectivity index (χ0) is 78.3. The molecular formula is C110H88BN3Si2. The van der Waals surface area contributed by atoms with Gasteiger partial charge in [0.05, 0.1) is 28.1 Å². The van der Waals surface area contributed by atoms with Crippen LogP contribution in [0.3, 0.4) is 0 Å². The molecule has 0 N–H and O–H groups in total. The first-order valence-electron chi connectivity index (χ1n) is 40.8. The van der Waals surface area contributed by atoms with Gasteiger partial charge in [0.15, 0.2) is 16.1 Å². The molecule has 0 aliphatic carbocycles. The molecule has 20 rings (SSSR count). The van der Waals surface area contributed by atoms with Crippen molar-refractivity contribution in [2.24, 2.45) is 0 Å². The number of hydrogen-bond acceptors (Lipinski definition) is 2. The molecule has 18 aromatic rings. The molecule has 2 aliphatic heterocycles. The summed E-state index contributed by atoms with van der Waals surface area (Å²) in [6, 6.07) is 163. The molecule has 1 aromatic heterocycles. The molecule has 0 spiro atoms. The van der Waals surface area contributed by atoms with E-state index in [1.54, 1.807) is 0 Å². The third-order valence-electron chi connectivity index (χ3n) is 24.8. The zero-order valence-electron chi connectivity index (χ0n) is 66.3. The molecule has 2 aliphatic rings. The van der Waals surface area contributed by atoms with Crippen LogP contribution in [-0.4, -0.2) is 27.4 Å². The average molecular weight is 1520 g/mol. The number of benzene rings is 17. The van der Waals surface area contributed by atoms with Crippen LogP contribution >= 0.6 is 0 Å². The Hall–Kier alpha value is -13.4. The average Bonchev–Trinajstić information content (AvgIpc) is 0.828. The van der Waals surface area contributed by atoms with Crippen molar-refractivity contribution in [3.8, 4) is 50.2 Å². The molecule has 554 valence electrons. The van der Waals surface area contributed by atoms with Crippen molar-refractivity contribution < 1.29 is 0 Å². The summed E-state index contributed by atoms with van der Waals surface area (Å²) in [4.78, 5) is 5.41. The Balaban J connectivity index is 0.978. The molecule has 0 amide bonds. The van der Waals surface area contributed by atoms with Crippen LogP contribution in [0.1, 0.15) is 52.7 Å². The molecular weight excluding hydrogens is 1430 g/mol. The van der Waals surface area contributed by atoms with Crippen molar-refractivity contribution in [1.29, 1.82) is 0 Å². The lowest BCUT2D eigenvalue weighted by Crippen LogP contribution is -2.75. The fourth-order valence-corrected chi connectivity index (χ4v) is 28.9. The number of nitrogens with zero attached hydrogens (tertiary/aromatic N) is 3. The van der Waals surface area contributed by atoms with E-state index < -0.39 is 16.1 Å². The SMILES string of the molecule is CC(C)(C)c1ccc2c3ccc(C(C)(C)C)cc3n(-c3cc4c5c(c3)N(c3ccccc3-c3ccccc3)c3cc([Si](c6ccccc6)(c6ccccc6)c6cccc(-c7ccccc7)c6)ccc3B5c3cc([Si](c5ccccc5)(c5ccccc5)c5cccc(-c6ccccc6)c5)ccc3N4c3ccccc3-c3ccccc3)c2c1. The summed E-state index contributed by atoms with van der Waals surface area (Å²) < 4.78 is 2.64. The summed E-state index contributed by atoms with van der Waals surface area (Å²) in [6.45, 7) is 13.8. The highest BCUT2D eigenvalue weighted by Crippen LogP contribution is 2.50. The fraction of sp³-hybridized carbons (Fsp3) is 0.0727. The summed E-state index contributed by atoms with van der Waals surface area (Å²) in [5, 5.41) is 12.9. The zero-order valence-corrected chi connectivity index (χ0v) is 68.3. The second-order valence-electron chi connectivity index (χ2n) is 33.5. The van der Waals surface area contributed by atoms with Gasteiger partial charge in [0, 0.05) is 44.6 Å². The summed E-state index contributed by atoms with van der Waals surface area (Å²) >= 11 is 0. The number of anilines is 6. The lowest BCUT2D eigenvalue weighted by atomic mass is 9.33. The number of aromatic nitrogens is 1. The largest absolute Gasteiger partial charge is 0.311 e. The topological polar surface area (TPSA) is 11.4 Å². The summed E-state index contributed by atoms with van der Waals surface area (Å²) in [5.74, 6) is 0. The van der Waals surface area contributed by atoms with Gasteiger partial charge in [-0.25, -0.2) is 0 Å². The van der Waals surface area contributed by atoms with Crippen LogP contribution in [0.15, 0.2) is 425 Å². The highest BCUT2D eigenvalue weighted by Gasteiger charge is 2.50. The molecule has 0 saturated heterocycles. The van der Waals surface area contributed by atoms with E-state index >= 15 is 0 Å². The Morgan fingerprint density at radius 1 is 0.224 bits per heavy atom. The third kappa shape index (κ3) is 12.0. The predicted molar refractivity (Wildman–Crippen MR) is 501 cm³/mol. The van der Waals surface area contributed by atoms with E-state index in [0.717, 1.165) is 62.1 Å². The molecule has 3 nitrogen and oxygen atoms in total. The molecule has 116 heavy (non-hydrogen) atoms. The molecule has 0 fully saturated rings. The van der Waals surface area contributed by atoms with Gasteiger partial charge in [-0.15, -0.1) is 0 Å². The molecule has 0 atom stereocenters. The number of rotatable bonds is 15. The first-order valence-corrected chi connectivity index (χ1v) is 44.8. The molecule has 0 unspecified atom stereocenters. The van der Waals surface area contributed by atoms with Crippen LogP contribution in [0.5, 0.6) is 0 Å². The standard InChI is InChI=1S/C110H88BN3Si2/c1-109(2,3)83-61-65-96-97-66-62-84(110(4,5)6)72-104(97)112(103(96)71-83)85-73-106-108-107(74-85)114(101-60-34-32-58-95(101)80-43-21-10-22-44-80)105-76-93(116(88-51-27-13-28-52-88,89-53-29-14-30-54-89)91-56-36-46-82(70-91)78-39-17-8-18-40-78)63-67-98(105)111(108)99-75-92(64-68-102(99)113(106)100-59-33-31-57-94(100)79-41-19-9-20-42-79)115(86-47-23-11-24-48-86,87-49-25-12-26-50-87)90-55-35-45-81(69-90)77-37-15-7-16-38-77/h7-76H,1-6H3. The second-order valence-corrected chi connectivity index (χ2v) is 41.1. The van der Waals surface area contributed by atoms with Gasteiger partial charge < -0.3 is 14.4 Å². The highest BCUT2D eigenvalue weighted by atomic mass is 28.3. The number of para-hydroxylation sites is 2. The Morgan fingerprint density at radius 2 is 0.560 bits per heavy atom. The molecule has 0 bridgehead atoms. The molecule has 0 saturated carbocycles. The number of hydrogen-bond donors (Lipinski definition) is 0. The Labute approximate surface area is 684 Å². The minimum absolute atomic E-state index is 0.145. The monoisotopic (exact) mass is 1520 g/mol. The smallest absolute Gasteiger partial charge is 0.252 e. The lowest BCUT2D eigenvalue weighted by Gasteiger charge is -2.46. The molecule has 0 radical (unpaired) electrons. The Morgan fingerprint density at radius 3 is 0.974 bits per heavy atom. The van der Waals surface area contributed by atoms with Gasteiger partial charge in [-0.05, 0) is 162 Å². The van der Waals surface area contributed by atoms with Crippen LogP contribution in [0.25, 0.3) is 72.0 Å². The van der Waals surface area contributed by atoms with Gasteiger partial charge in [-0.1, -0.05) is 418 Å². The van der Waals surface area contributed by atoms with Gasteiger partial charge in [0.2, 0.25) is 0 Å². The maximum absolute atomic E-state index is 3.38. The Bertz CT molecular complexity index is 6570. The summed E-state index contributed by atoms with van der Waals surface area (Å²) in [6.07, 6.45) is 0. The first-order chi connectivity index (χ1) is 56.8. The van der Waals surface area contributed by atoms with E-state index in [1.165, 1.54) is 113 Å². The second kappa shape index (κ2) is 28.9. The minimum atomic E-state index is -3.38. The van der Waals surface area contributed by atoms with Crippen molar-refractivity contribution in [1.82, 2.24) is 4.57 Å². The van der Waals surface area contributed by atoms with Crippen molar-refractivity contribution in [3.63, 3.8) is 0 Å². The van der Waals surface area contributed by atoms with E-state index in [0.29, 0.717) is 0 Å². The normalized spacial score (nSPS) is 12.7. The van der Waals surface area contributed by atoms with Crippen LogP contribution in [0.4, 0.5) is 34.1 Å². The maximum atomic E-state index is 2.72. The van der Waals surface area contributed by atoms with E-state index in [1.807, 2.05) is 0 Å². The van der Waals surface area contributed by atoms with Crippen molar-refractivity contribution in [3.05, 3.63) is 436 Å². The number of fused-ring (bicyclic) bond motifs is 7. The molecule has 17 aromatic carbocycles. The minimum Gasteiger partial charge on any atom is -0.311 e. The van der Waals surface area contributed by atoms with Gasteiger partial charge in [0.1, 0.15) is 0 Å². The quantitative estimate of drug-likeness (QED) is 0.0749. The fourth-order valence-electron chi connectivity index (χ4n) is 19.3. The van der Waals surface area contributed by atoms with E-state index in [4.69, 9.17) is 0 Å². The third-order valence-corrected chi connectivity index (χ3v) is 34.3. The molecule has 3 heterocycles. The van der Waals surface area contributed by atoms with Crippen molar-refractivity contribution in [2.45, 2.75) is 52.4 Å². The lowest BCUT2D eigenvalue weighted by molar-refractivity contribution is 0.591. The summed E-state index contributed by atoms with van der Waals surface area (Å²) in [7, 11) is -6.74. The summed E-state index contributed by atoms with van der Waals surface area (Å²) in [5.41, 5.74) is 25.4. The first kappa shape index (κ1) is 71.7. The van der Waals surface area contributed by atoms with Crippen LogP contribution in [-0.2, 0) is 10.8 Å². The maximum Gasteiger partial charge on any atom is 0.252 e. The van der Waals surface area contributed by atoms with Gasteiger partial charge in [-0.3, -0.25) is 0 Å². The van der Waals surface area contributed by atoms with E-state index in [-0.39, 0.29) is 17.5 Å². The van der Waals surface area contributed by atoms with E-state index in [2.05, 4.69) is 481 Å². The van der Waals surface area contributed by atoms with E-state index in [9.17, 15) is 0 Å². The van der Waals surface area contributed by atoms with Crippen molar-refractivity contribution in [2.75, 3.05) is 9.80 Å². The van der Waals surface area contributed by atoms with Gasteiger partial charge in [0.25, 0.3) is 6.71 Å².